The van der Waals surface area contributed by atoms with Crippen LogP contribution in [-0.4, -0.2) is 49.6 Å². The maximum atomic E-state index is 13.2. The second-order valence-electron chi connectivity index (χ2n) is 7.32. The van der Waals surface area contributed by atoms with Crippen LogP contribution >= 0.6 is 11.3 Å². The molecule has 166 valence electrons. The van der Waals surface area contributed by atoms with Crippen molar-refractivity contribution in [2.75, 3.05) is 31.0 Å². The number of aromatic nitrogens is 2. The van der Waals surface area contributed by atoms with E-state index in [2.05, 4.69) is 28.5 Å². The largest absolute Gasteiger partial charge is 0.486 e. The van der Waals surface area contributed by atoms with Crippen molar-refractivity contribution in [1.82, 2.24) is 14.9 Å². The molecule has 1 aromatic carbocycles. The van der Waals surface area contributed by atoms with Gasteiger partial charge in [0, 0.05) is 10.9 Å². The minimum atomic E-state index is -3.89. The summed E-state index contributed by atoms with van der Waals surface area (Å²) in [6, 6.07) is 4.61. The minimum Gasteiger partial charge on any atom is -0.486 e. The van der Waals surface area contributed by atoms with Crippen LogP contribution in [0.25, 0.3) is 10.2 Å². The lowest BCUT2D eigenvalue weighted by atomic mass is 10.2. The molecule has 0 aliphatic carbocycles. The molecule has 4 rings (SSSR count). The number of hydrogen-bond donors (Lipinski definition) is 1. The van der Waals surface area contributed by atoms with Crippen molar-refractivity contribution in [3.8, 4) is 11.5 Å². The molecular weight excluding hydrogens is 436 g/mol. The van der Waals surface area contributed by atoms with E-state index in [0.717, 1.165) is 33.7 Å². The zero-order valence-corrected chi connectivity index (χ0v) is 19.7. The van der Waals surface area contributed by atoms with Gasteiger partial charge in [0.05, 0.1) is 16.8 Å². The highest BCUT2D eigenvalue weighted by atomic mass is 32.2. The second-order valence-corrected chi connectivity index (χ2v) is 10.2. The lowest BCUT2D eigenvalue weighted by Crippen LogP contribution is -2.24. The van der Waals surface area contributed by atoms with Crippen LogP contribution in [0.3, 0.4) is 0 Å². The van der Waals surface area contributed by atoms with E-state index in [0.29, 0.717) is 42.9 Å². The third-order valence-electron chi connectivity index (χ3n) is 5.39. The van der Waals surface area contributed by atoms with Gasteiger partial charge in [-0.25, -0.2) is 18.4 Å². The summed E-state index contributed by atoms with van der Waals surface area (Å²) in [6.07, 6.45) is 0. The number of nitrogens with zero attached hydrogens (tertiary/aromatic N) is 3. The molecule has 1 N–H and O–H groups in total. The highest BCUT2D eigenvalue weighted by Gasteiger charge is 2.23. The first kappa shape index (κ1) is 21.8. The number of aryl methyl sites for hydroxylation is 2. The second kappa shape index (κ2) is 8.60. The molecule has 1 aliphatic rings. The van der Waals surface area contributed by atoms with Crippen LogP contribution in [0.2, 0.25) is 0 Å². The van der Waals surface area contributed by atoms with E-state index in [-0.39, 0.29) is 4.90 Å². The van der Waals surface area contributed by atoms with Gasteiger partial charge in [-0.05, 0) is 44.6 Å². The van der Waals surface area contributed by atoms with Gasteiger partial charge >= 0.3 is 0 Å². The molecule has 31 heavy (non-hydrogen) atoms. The first-order valence-electron chi connectivity index (χ1n) is 10.2. The van der Waals surface area contributed by atoms with E-state index in [1.165, 1.54) is 12.1 Å². The number of benzene rings is 1. The zero-order valence-electron chi connectivity index (χ0n) is 18.1. The Morgan fingerprint density at radius 1 is 1.10 bits per heavy atom. The van der Waals surface area contributed by atoms with Crippen molar-refractivity contribution < 1.29 is 17.9 Å². The normalized spacial score (nSPS) is 13.7. The average Bonchev–Trinajstić information content (AvgIpc) is 3.05. The van der Waals surface area contributed by atoms with E-state index >= 15 is 0 Å². The van der Waals surface area contributed by atoms with E-state index in [1.54, 1.807) is 17.4 Å². The number of ether oxygens (including phenoxy) is 2. The molecular formula is C21H26N4O4S2. The lowest BCUT2D eigenvalue weighted by molar-refractivity contribution is 0.171. The molecule has 1 aliphatic heterocycles. The standard InChI is InChI=1S/C21H26N4O4S2/c1-5-25(6-2)12-18-22-20(19-13(3)14(4)30-21(19)23-18)24-31(26,27)15-7-8-16-17(11-15)29-10-9-28-16/h7-8,11H,5-6,9-10,12H2,1-4H3,(H,22,23,24). The molecule has 0 atom stereocenters. The van der Waals surface area contributed by atoms with E-state index in [4.69, 9.17) is 14.5 Å². The number of nitrogens with one attached hydrogen (secondary N) is 1. The third kappa shape index (κ3) is 4.32. The Kier molecular flexibility index (Phi) is 6.05. The number of fused-ring (bicyclic) bond motifs is 2. The molecule has 0 fully saturated rings. The van der Waals surface area contributed by atoms with Crippen LogP contribution in [0.5, 0.6) is 11.5 Å². The number of hydrogen-bond acceptors (Lipinski definition) is 8. The SMILES string of the molecule is CCN(CC)Cc1nc(NS(=O)(=O)c2ccc3c(c2)OCCO3)c2c(C)c(C)sc2n1. The molecule has 0 bridgehead atoms. The maximum absolute atomic E-state index is 13.2. The van der Waals surface area contributed by atoms with Crippen LogP contribution in [0.1, 0.15) is 30.1 Å². The number of rotatable bonds is 7. The van der Waals surface area contributed by atoms with Gasteiger partial charge in [-0.3, -0.25) is 9.62 Å². The highest BCUT2D eigenvalue weighted by molar-refractivity contribution is 7.92. The van der Waals surface area contributed by atoms with Gasteiger partial charge in [0.15, 0.2) is 17.3 Å². The molecule has 0 saturated carbocycles. The Morgan fingerprint density at radius 2 is 1.81 bits per heavy atom. The molecule has 0 unspecified atom stereocenters. The van der Waals surface area contributed by atoms with E-state index < -0.39 is 10.0 Å². The fourth-order valence-electron chi connectivity index (χ4n) is 3.46. The topological polar surface area (TPSA) is 93.7 Å². The monoisotopic (exact) mass is 462 g/mol. The van der Waals surface area contributed by atoms with Crippen molar-refractivity contribution >= 4 is 37.4 Å². The molecule has 3 heterocycles. The van der Waals surface area contributed by atoms with Crippen LogP contribution in [-0.2, 0) is 16.6 Å². The predicted octanol–water partition coefficient (Wildman–Crippen LogP) is 3.72. The first-order chi connectivity index (χ1) is 14.8. The molecule has 0 radical (unpaired) electrons. The van der Waals surface area contributed by atoms with Crippen LogP contribution in [0.15, 0.2) is 23.1 Å². The summed E-state index contributed by atoms with van der Waals surface area (Å²) in [6.45, 7) is 11.2. The van der Waals surface area contributed by atoms with Crippen molar-refractivity contribution in [1.29, 1.82) is 0 Å². The van der Waals surface area contributed by atoms with Crippen LogP contribution < -0.4 is 14.2 Å². The van der Waals surface area contributed by atoms with Gasteiger partial charge in [-0.1, -0.05) is 13.8 Å². The van der Waals surface area contributed by atoms with Crippen molar-refractivity contribution in [3.05, 3.63) is 34.5 Å². The molecule has 0 saturated heterocycles. The number of sulfonamides is 1. The van der Waals surface area contributed by atoms with Gasteiger partial charge in [0.25, 0.3) is 10.0 Å². The Labute approximate surface area is 186 Å². The molecule has 0 amide bonds. The smallest absolute Gasteiger partial charge is 0.263 e. The van der Waals surface area contributed by atoms with Gasteiger partial charge in [0.1, 0.15) is 23.9 Å². The average molecular weight is 463 g/mol. The Bertz CT molecular complexity index is 1220. The predicted molar refractivity (Wildman–Crippen MR) is 122 cm³/mol. The van der Waals surface area contributed by atoms with Crippen LogP contribution in [0.4, 0.5) is 5.82 Å². The number of thiophene rings is 1. The maximum Gasteiger partial charge on any atom is 0.263 e. The highest BCUT2D eigenvalue weighted by Crippen LogP contribution is 2.36. The molecule has 0 spiro atoms. The Morgan fingerprint density at radius 3 is 2.52 bits per heavy atom. The summed E-state index contributed by atoms with van der Waals surface area (Å²) >= 11 is 1.55. The first-order valence-corrected chi connectivity index (χ1v) is 12.5. The summed E-state index contributed by atoms with van der Waals surface area (Å²) in [5.74, 6) is 1.87. The Hall–Kier alpha value is -2.43. The molecule has 2 aromatic heterocycles. The van der Waals surface area contributed by atoms with E-state index in [1.807, 2.05) is 13.8 Å². The van der Waals surface area contributed by atoms with Crippen molar-refractivity contribution in [3.63, 3.8) is 0 Å². The minimum absolute atomic E-state index is 0.0957. The van der Waals surface area contributed by atoms with Crippen LogP contribution in [0, 0.1) is 13.8 Å². The van der Waals surface area contributed by atoms with E-state index in [9.17, 15) is 8.42 Å². The van der Waals surface area contributed by atoms with Crippen molar-refractivity contribution in [2.24, 2.45) is 0 Å². The van der Waals surface area contributed by atoms with Gasteiger partial charge in [-0.15, -0.1) is 11.3 Å². The van der Waals surface area contributed by atoms with Gasteiger partial charge in [0.2, 0.25) is 0 Å². The molecule has 3 aromatic rings. The summed E-state index contributed by atoms with van der Waals surface area (Å²) < 4.78 is 40.2. The fourth-order valence-corrected chi connectivity index (χ4v) is 5.54. The summed E-state index contributed by atoms with van der Waals surface area (Å²) in [7, 11) is -3.89. The third-order valence-corrected chi connectivity index (χ3v) is 7.83. The fraction of sp³-hybridized carbons (Fsp3) is 0.429. The van der Waals surface area contributed by atoms with Gasteiger partial charge in [-0.2, -0.15) is 0 Å². The van der Waals surface area contributed by atoms with Crippen molar-refractivity contribution in [2.45, 2.75) is 39.1 Å². The zero-order chi connectivity index (χ0) is 22.2. The lowest BCUT2D eigenvalue weighted by Gasteiger charge is -2.19. The summed E-state index contributed by atoms with van der Waals surface area (Å²) in [5, 5.41) is 0.743. The summed E-state index contributed by atoms with van der Waals surface area (Å²) in [5.41, 5.74) is 0.981. The van der Waals surface area contributed by atoms with Gasteiger partial charge < -0.3 is 9.47 Å². The molecule has 8 nitrogen and oxygen atoms in total. The Balaban J connectivity index is 1.75. The quantitative estimate of drug-likeness (QED) is 0.572. The summed E-state index contributed by atoms with van der Waals surface area (Å²) in [4.78, 5) is 13.5. The molecule has 10 heteroatoms. The number of anilines is 1.